The van der Waals surface area contributed by atoms with Gasteiger partial charge >= 0.3 is 0 Å². The highest BCUT2D eigenvalue weighted by atomic mass is 32.1. The number of aryl methyl sites for hydroxylation is 3. The van der Waals surface area contributed by atoms with Gasteiger partial charge in [-0.25, -0.2) is 4.98 Å². The smallest absolute Gasteiger partial charge is 0.260 e. The summed E-state index contributed by atoms with van der Waals surface area (Å²) in [5.74, 6) is -0.0371. The molecular formula is C21H28N2O2S. The van der Waals surface area contributed by atoms with Gasteiger partial charge in [0.15, 0.2) is 11.6 Å². The van der Waals surface area contributed by atoms with E-state index in [2.05, 4.69) is 41.2 Å². The Labute approximate surface area is 159 Å². The summed E-state index contributed by atoms with van der Waals surface area (Å²) < 4.78 is 0. The Balaban J connectivity index is 0.000000283. The maximum Gasteiger partial charge on any atom is 0.260 e. The Hall–Kier alpha value is -2.27. The Bertz CT molecular complexity index is 932. The first-order chi connectivity index (χ1) is 12.6. The predicted octanol–water partition coefficient (Wildman–Crippen LogP) is 5.20. The van der Waals surface area contributed by atoms with Crippen molar-refractivity contribution >= 4 is 27.3 Å². The average molecular weight is 373 g/mol. The zero-order valence-corrected chi connectivity index (χ0v) is 16.7. The average Bonchev–Trinajstić information content (AvgIpc) is 3.25. The molecule has 1 N–H and O–H groups in total. The van der Waals surface area contributed by atoms with Crippen LogP contribution in [0.2, 0.25) is 0 Å². The maximum atomic E-state index is 11.9. The molecule has 0 aliphatic heterocycles. The van der Waals surface area contributed by atoms with Gasteiger partial charge in [0.1, 0.15) is 4.83 Å². The van der Waals surface area contributed by atoms with Gasteiger partial charge in [-0.05, 0) is 36.8 Å². The number of benzene rings is 1. The summed E-state index contributed by atoms with van der Waals surface area (Å²) in [4.78, 5) is 31.8. The van der Waals surface area contributed by atoms with Crippen LogP contribution in [-0.2, 0) is 19.3 Å². The summed E-state index contributed by atoms with van der Waals surface area (Å²) in [6.45, 7) is 7.57. The van der Waals surface area contributed by atoms with Crippen LogP contribution in [0, 0.1) is 0 Å². The highest BCUT2D eigenvalue weighted by Crippen LogP contribution is 2.34. The van der Waals surface area contributed by atoms with Crippen LogP contribution < -0.4 is 5.56 Å². The molecule has 0 amide bonds. The normalized spacial score (nSPS) is 11.8. The Kier molecular flexibility index (Phi) is 7.27. The second kappa shape index (κ2) is 9.43. The molecular weight excluding hydrogens is 344 g/mol. The van der Waals surface area contributed by atoms with Crippen molar-refractivity contribution in [3.8, 4) is 0 Å². The van der Waals surface area contributed by atoms with Gasteiger partial charge in [-0.1, -0.05) is 51.1 Å². The van der Waals surface area contributed by atoms with E-state index in [1.807, 2.05) is 19.9 Å². The SMILES string of the molecule is CC.CC(=O)c1nc2sc3c(c2c(=O)[nH]1)CCC3.CCc1ccccc1.[HH]. The van der Waals surface area contributed by atoms with Crippen LogP contribution in [0.1, 0.15) is 62.2 Å². The molecule has 1 aromatic carbocycles. The van der Waals surface area contributed by atoms with Crippen molar-refractivity contribution in [2.45, 2.75) is 53.4 Å². The van der Waals surface area contributed by atoms with E-state index in [-0.39, 0.29) is 18.6 Å². The molecule has 140 valence electrons. The summed E-state index contributed by atoms with van der Waals surface area (Å²) in [7, 11) is 0. The van der Waals surface area contributed by atoms with Crippen LogP contribution in [-0.4, -0.2) is 15.8 Å². The van der Waals surface area contributed by atoms with E-state index in [1.54, 1.807) is 11.3 Å². The van der Waals surface area contributed by atoms with Gasteiger partial charge in [-0.3, -0.25) is 9.59 Å². The molecule has 5 heteroatoms. The third kappa shape index (κ3) is 4.47. The fraction of sp³-hybridized carbons (Fsp3) is 0.381. The van der Waals surface area contributed by atoms with E-state index < -0.39 is 0 Å². The fourth-order valence-electron chi connectivity index (χ4n) is 2.88. The molecule has 2 heterocycles. The molecule has 0 atom stereocenters. The number of rotatable bonds is 2. The van der Waals surface area contributed by atoms with Gasteiger partial charge in [0.25, 0.3) is 5.56 Å². The van der Waals surface area contributed by atoms with Crippen LogP contribution in [0.4, 0.5) is 0 Å². The van der Waals surface area contributed by atoms with E-state index in [0.29, 0.717) is 10.2 Å². The number of hydrogen-bond acceptors (Lipinski definition) is 4. The minimum Gasteiger partial charge on any atom is -0.303 e. The number of ketones is 1. The van der Waals surface area contributed by atoms with Crippen LogP contribution in [0.15, 0.2) is 35.1 Å². The van der Waals surface area contributed by atoms with E-state index >= 15 is 0 Å². The van der Waals surface area contributed by atoms with Gasteiger partial charge in [-0.2, -0.15) is 0 Å². The van der Waals surface area contributed by atoms with Crippen molar-refractivity contribution in [1.29, 1.82) is 0 Å². The minimum atomic E-state index is -0.201. The number of Topliss-reactive ketones (excluding diaryl/α,β-unsaturated/α-hetero) is 1. The molecule has 0 saturated heterocycles. The predicted molar refractivity (Wildman–Crippen MR) is 112 cm³/mol. The monoisotopic (exact) mass is 372 g/mol. The number of aromatic amines is 1. The number of aromatic nitrogens is 2. The number of thiophene rings is 1. The molecule has 0 unspecified atom stereocenters. The number of carbonyl (C=O) groups is 1. The number of hydrogen-bond donors (Lipinski definition) is 1. The van der Waals surface area contributed by atoms with Gasteiger partial charge in [0, 0.05) is 13.2 Å². The van der Waals surface area contributed by atoms with Crippen LogP contribution >= 0.6 is 11.3 Å². The molecule has 4 rings (SSSR count). The summed E-state index contributed by atoms with van der Waals surface area (Å²) in [6.07, 6.45) is 4.25. The number of nitrogens with zero attached hydrogens (tertiary/aromatic N) is 1. The van der Waals surface area contributed by atoms with E-state index in [1.165, 1.54) is 17.4 Å². The number of H-pyrrole nitrogens is 1. The summed E-state index contributed by atoms with van der Waals surface area (Å²) in [5, 5.41) is 0.697. The lowest BCUT2D eigenvalue weighted by atomic mass is 10.2. The van der Waals surface area contributed by atoms with Crippen molar-refractivity contribution in [2.75, 3.05) is 0 Å². The second-order valence-electron chi connectivity index (χ2n) is 5.85. The Morgan fingerprint density at radius 3 is 2.50 bits per heavy atom. The molecule has 1 aliphatic rings. The van der Waals surface area contributed by atoms with Crippen LogP contribution in [0.25, 0.3) is 10.2 Å². The first-order valence-electron chi connectivity index (χ1n) is 9.19. The maximum absolute atomic E-state index is 11.9. The van der Waals surface area contributed by atoms with Crippen LogP contribution in [0.5, 0.6) is 0 Å². The van der Waals surface area contributed by atoms with Crippen molar-refractivity contribution in [2.24, 2.45) is 0 Å². The number of fused-ring (bicyclic) bond motifs is 3. The molecule has 4 nitrogen and oxygen atoms in total. The van der Waals surface area contributed by atoms with Crippen molar-refractivity contribution < 1.29 is 6.22 Å². The summed E-state index contributed by atoms with van der Waals surface area (Å²) >= 11 is 1.55. The van der Waals surface area contributed by atoms with Gasteiger partial charge in [-0.15, -0.1) is 11.3 Å². The number of nitrogens with one attached hydrogen (secondary N) is 1. The lowest BCUT2D eigenvalue weighted by Crippen LogP contribution is -2.14. The van der Waals surface area contributed by atoms with Crippen molar-refractivity contribution in [1.82, 2.24) is 9.97 Å². The molecule has 1 aliphatic carbocycles. The van der Waals surface area contributed by atoms with Gasteiger partial charge in [0.05, 0.1) is 5.39 Å². The van der Waals surface area contributed by atoms with Crippen molar-refractivity contribution in [3.05, 3.63) is 62.5 Å². The molecule has 0 bridgehead atoms. The molecule has 2 aromatic heterocycles. The minimum absolute atomic E-state index is 0. The first-order valence-corrected chi connectivity index (χ1v) is 10.0. The van der Waals surface area contributed by atoms with E-state index in [0.717, 1.165) is 31.2 Å². The molecule has 0 radical (unpaired) electrons. The molecule has 0 spiro atoms. The lowest BCUT2D eigenvalue weighted by Gasteiger charge is -1.96. The molecule has 26 heavy (non-hydrogen) atoms. The largest absolute Gasteiger partial charge is 0.303 e. The molecule has 0 fully saturated rings. The highest BCUT2D eigenvalue weighted by molar-refractivity contribution is 7.18. The van der Waals surface area contributed by atoms with E-state index in [9.17, 15) is 9.59 Å². The van der Waals surface area contributed by atoms with Crippen molar-refractivity contribution in [3.63, 3.8) is 0 Å². The molecule has 3 aromatic rings. The third-order valence-electron chi connectivity index (χ3n) is 4.16. The topological polar surface area (TPSA) is 62.8 Å². The lowest BCUT2D eigenvalue weighted by molar-refractivity contribution is 0.100. The first kappa shape index (κ1) is 20.0. The van der Waals surface area contributed by atoms with Crippen LogP contribution in [0.3, 0.4) is 0 Å². The zero-order chi connectivity index (χ0) is 19.1. The van der Waals surface area contributed by atoms with Gasteiger partial charge < -0.3 is 4.98 Å². The molecule has 0 saturated carbocycles. The van der Waals surface area contributed by atoms with E-state index in [4.69, 9.17) is 0 Å². The second-order valence-corrected chi connectivity index (χ2v) is 6.93. The van der Waals surface area contributed by atoms with Gasteiger partial charge in [0.2, 0.25) is 0 Å². The third-order valence-corrected chi connectivity index (χ3v) is 5.35. The fourth-order valence-corrected chi connectivity index (χ4v) is 4.14. The summed E-state index contributed by atoms with van der Waals surface area (Å²) in [6, 6.07) is 10.5. The quantitative estimate of drug-likeness (QED) is 0.629. The zero-order valence-electron chi connectivity index (χ0n) is 15.9. The Morgan fingerprint density at radius 2 is 1.92 bits per heavy atom. The number of carbonyl (C=O) groups excluding carboxylic acids is 1. The Morgan fingerprint density at radius 1 is 1.23 bits per heavy atom. The summed E-state index contributed by atoms with van der Waals surface area (Å²) in [5.41, 5.74) is 2.38. The highest BCUT2D eigenvalue weighted by Gasteiger charge is 2.21. The standard InChI is InChI=1S/C11H10N2O2S.C8H10.C2H6.H2/c1-5(14)9-12-10(15)8-6-3-2-4-7(6)16-11(8)13-9;1-2-8-6-4-3-5-7-8;1-2;/h2-4H2,1H3,(H,12,13,15);3-7H,2H2,1H3;1-2H3;1H.